The predicted octanol–water partition coefficient (Wildman–Crippen LogP) is 4.59. The first-order valence-electron chi connectivity index (χ1n) is 9.22. The minimum Gasteiger partial charge on any atom is -0.494 e. The van der Waals surface area contributed by atoms with E-state index in [-0.39, 0.29) is 4.90 Å². The number of hydrogen-bond donors (Lipinski definition) is 2. The van der Waals surface area contributed by atoms with Gasteiger partial charge in [0.1, 0.15) is 11.6 Å². The maximum absolute atomic E-state index is 13.4. The molecule has 3 aromatic rings. The van der Waals surface area contributed by atoms with E-state index in [1.165, 1.54) is 48.5 Å². The zero-order valence-electron chi connectivity index (χ0n) is 16.5. The van der Waals surface area contributed by atoms with Gasteiger partial charge in [-0.25, -0.2) is 12.8 Å². The predicted molar refractivity (Wildman–Crippen MR) is 114 cm³/mol. The number of amides is 1. The molecule has 30 heavy (non-hydrogen) atoms. The molecule has 3 aromatic carbocycles. The third kappa shape index (κ3) is 5.15. The van der Waals surface area contributed by atoms with Crippen LogP contribution in [0.4, 0.5) is 15.8 Å². The van der Waals surface area contributed by atoms with Gasteiger partial charge in [-0.2, -0.15) is 0 Å². The molecule has 0 aliphatic heterocycles. The number of hydrogen-bond acceptors (Lipinski definition) is 4. The molecule has 0 saturated carbocycles. The average Bonchev–Trinajstić information content (AvgIpc) is 2.71. The van der Waals surface area contributed by atoms with Crippen LogP contribution in [0, 0.1) is 12.7 Å². The van der Waals surface area contributed by atoms with E-state index in [0.717, 1.165) is 5.56 Å². The van der Waals surface area contributed by atoms with Gasteiger partial charge in [0.25, 0.3) is 15.9 Å². The van der Waals surface area contributed by atoms with Crippen LogP contribution in [-0.4, -0.2) is 20.9 Å². The number of anilines is 2. The second-order valence-electron chi connectivity index (χ2n) is 6.50. The Morgan fingerprint density at radius 3 is 2.30 bits per heavy atom. The van der Waals surface area contributed by atoms with Crippen molar-refractivity contribution in [2.45, 2.75) is 18.7 Å². The lowest BCUT2D eigenvalue weighted by atomic mass is 10.1. The fourth-order valence-electron chi connectivity index (χ4n) is 2.71. The molecule has 1 amide bonds. The van der Waals surface area contributed by atoms with Gasteiger partial charge in [-0.3, -0.25) is 9.52 Å². The number of benzene rings is 3. The lowest BCUT2D eigenvalue weighted by Gasteiger charge is -2.11. The van der Waals surface area contributed by atoms with Gasteiger partial charge in [-0.1, -0.05) is 6.07 Å². The molecule has 0 unspecified atom stereocenters. The first kappa shape index (κ1) is 21.3. The first-order chi connectivity index (χ1) is 14.3. The maximum atomic E-state index is 13.4. The van der Waals surface area contributed by atoms with Crippen molar-refractivity contribution in [1.82, 2.24) is 0 Å². The highest BCUT2D eigenvalue weighted by Crippen LogP contribution is 2.21. The zero-order chi connectivity index (χ0) is 21.7. The molecule has 0 bridgehead atoms. The van der Waals surface area contributed by atoms with Crippen LogP contribution in [-0.2, 0) is 10.0 Å². The Morgan fingerprint density at radius 2 is 1.67 bits per heavy atom. The lowest BCUT2D eigenvalue weighted by Crippen LogP contribution is -2.14. The normalized spacial score (nSPS) is 11.0. The summed E-state index contributed by atoms with van der Waals surface area (Å²) in [7, 11) is -3.78. The molecular formula is C22H21FN2O4S. The molecule has 6 nitrogen and oxygen atoms in total. The third-order valence-corrected chi connectivity index (χ3v) is 5.69. The van der Waals surface area contributed by atoms with Crippen molar-refractivity contribution in [3.8, 4) is 5.75 Å². The number of rotatable bonds is 7. The number of halogens is 1. The van der Waals surface area contributed by atoms with Crippen LogP contribution >= 0.6 is 0 Å². The Hall–Kier alpha value is -3.39. The topological polar surface area (TPSA) is 84.5 Å². The third-order valence-electron chi connectivity index (χ3n) is 4.29. The van der Waals surface area contributed by atoms with Crippen LogP contribution in [0.2, 0.25) is 0 Å². The molecule has 0 fully saturated rings. The van der Waals surface area contributed by atoms with Gasteiger partial charge in [-0.15, -0.1) is 0 Å². The van der Waals surface area contributed by atoms with Crippen molar-refractivity contribution in [2.75, 3.05) is 16.6 Å². The summed E-state index contributed by atoms with van der Waals surface area (Å²) in [6.45, 7) is 4.09. The van der Waals surface area contributed by atoms with Crippen LogP contribution in [0.1, 0.15) is 22.8 Å². The highest BCUT2D eigenvalue weighted by molar-refractivity contribution is 7.92. The van der Waals surface area contributed by atoms with Gasteiger partial charge in [-0.05, 0) is 80.1 Å². The number of ether oxygens (including phenoxy) is 1. The fourth-order valence-corrected chi connectivity index (χ4v) is 3.77. The van der Waals surface area contributed by atoms with E-state index in [9.17, 15) is 17.6 Å². The van der Waals surface area contributed by atoms with E-state index < -0.39 is 21.7 Å². The molecule has 156 valence electrons. The minimum absolute atomic E-state index is 0.0920. The molecule has 2 N–H and O–H groups in total. The van der Waals surface area contributed by atoms with E-state index in [1.807, 2.05) is 6.92 Å². The molecule has 0 aromatic heterocycles. The molecule has 0 spiro atoms. The molecule has 0 heterocycles. The molecule has 0 atom stereocenters. The molecule has 8 heteroatoms. The van der Waals surface area contributed by atoms with Gasteiger partial charge in [0.05, 0.1) is 11.5 Å². The molecule has 0 aliphatic carbocycles. The van der Waals surface area contributed by atoms with Crippen LogP contribution in [0.3, 0.4) is 0 Å². The molecule has 0 radical (unpaired) electrons. The van der Waals surface area contributed by atoms with E-state index in [0.29, 0.717) is 29.3 Å². The van der Waals surface area contributed by atoms with Crippen LogP contribution in [0.15, 0.2) is 71.6 Å². The number of sulfonamides is 1. The number of aryl methyl sites for hydroxylation is 1. The van der Waals surface area contributed by atoms with Gasteiger partial charge in [0.2, 0.25) is 0 Å². The fraction of sp³-hybridized carbons (Fsp3) is 0.136. The molecule has 0 aliphatic rings. The van der Waals surface area contributed by atoms with Gasteiger partial charge in [0, 0.05) is 16.9 Å². The summed E-state index contributed by atoms with van der Waals surface area (Å²) in [4.78, 5) is 12.5. The molecule has 0 saturated heterocycles. The Morgan fingerprint density at radius 1 is 1.00 bits per heavy atom. The quantitative estimate of drug-likeness (QED) is 0.577. The summed E-state index contributed by atoms with van der Waals surface area (Å²) in [6.07, 6.45) is 0. The summed E-state index contributed by atoms with van der Waals surface area (Å²) >= 11 is 0. The van der Waals surface area contributed by atoms with E-state index in [4.69, 9.17) is 4.74 Å². The number of carbonyl (C=O) groups excluding carboxylic acids is 1. The van der Waals surface area contributed by atoms with Crippen LogP contribution in [0.25, 0.3) is 0 Å². The van der Waals surface area contributed by atoms with Crippen LogP contribution < -0.4 is 14.8 Å². The minimum atomic E-state index is -3.78. The standard InChI is InChI=1S/C22H21FN2O4S/c1-3-29-19-10-12-20(13-11-19)30(27,28)25-18-8-5-16(6-9-18)22(26)24-21-14-17(23)7-4-15(21)2/h4-14,25H,3H2,1-2H3,(H,24,26). The summed E-state index contributed by atoms with van der Waals surface area (Å²) in [5.41, 5.74) is 1.72. The second kappa shape index (κ2) is 8.96. The largest absolute Gasteiger partial charge is 0.494 e. The first-order valence-corrected chi connectivity index (χ1v) is 10.7. The maximum Gasteiger partial charge on any atom is 0.261 e. The van der Waals surface area contributed by atoms with Crippen molar-refractivity contribution in [2.24, 2.45) is 0 Å². The van der Waals surface area contributed by atoms with Gasteiger partial charge < -0.3 is 10.1 Å². The Bertz CT molecular complexity index is 1140. The smallest absolute Gasteiger partial charge is 0.261 e. The average molecular weight is 428 g/mol. The lowest BCUT2D eigenvalue weighted by molar-refractivity contribution is 0.102. The highest BCUT2D eigenvalue weighted by atomic mass is 32.2. The Labute approximate surface area is 174 Å². The number of nitrogens with one attached hydrogen (secondary N) is 2. The van der Waals surface area contributed by atoms with E-state index in [1.54, 1.807) is 25.1 Å². The van der Waals surface area contributed by atoms with Crippen molar-refractivity contribution >= 4 is 27.3 Å². The summed E-state index contributed by atoms with van der Waals surface area (Å²) in [5, 5.41) is 2.65. The molecule has 3 rings (SSSR count). The highest BCUT2D eigenvalue weighted by Gasteiger charge is 2.15. The summed E-state index contributed by atoms with van der Waals surface area (Å²) < 4.78 is 46.2. The zero-order valence-corrected chi connectivity index (χ0v) is 17.3. The summed E-state index contributed by atoms with van der Waals surface area (Å²) in [5.74, 6) is -0.292. The second-order valence-corrected chi connectivity index (χ2v) is 8.18. The van der Waals surface area contributed by atoms with E-state index >= 15 is 0 Å². The Balaban J connectivity index is 1.70. The van der Waals surface area contributed by atoms with Crippen molar-refractivity contribution in [3.63, 3.8) is 0 Å². The van der Waals surface area contributed by atoms with Gasteiger partial charge in [0.15, 0.2) is 0 Å². The van der Waals surface area contributed by atoms with Crippen molar-refractivity contribution < 1.29 is 22.3 Å². The SMILES string of the molecule is CCOc1ccc(S(=O)(=O)Nc2ccc(C(=O)Nc3cc(F)ccc3C)cc2)cc1. The van der Waals surface area contributed by atoms with E-state index in [2.05, 4.69) is 10.0 Å². The van der Waals surface area contributed by atoms with Crippen molar-refractivity contribution in [3.05, 3.63) is 83.7 Å². The Kier molecular flexibility index (Phi) is 6.37. The van der Waals surface area contributed by atoms with Gasteiger partial charge >= 0.3 is 0 Å². The number of carbonyl (C=O) groups is 1. The van der Waals surface area contributed by atoms with Crippen LogP contribution in [0.5, 0.6) is 5.75 Å². The monoisotopic (exact) mass is 428 g/mol. The molecular weight excluding hydrogens is 407 g/mol. The summed E-state index contributed by atoms with van der Waals surface area (Å²) in [6, 6.07) is 16.2. The van der Waals surface area contributed by atoms with Crippen molar-refractivity contribution in [1.29, 1.82) is 0 Å².